The number of pyridine rings is 2. The van der Waals surface area contributed by atoms with Crippen LogP contribution in [0.2, 0.25) is 10.0 Å². The number of nitrogens with one attached hydrogen (secondary N) is 1. The Bertz CT molecular complexity index is 942. The topological polar surface area (TPSA) is 68.5 Å². The molecule has 3 rings (SSSR count). The highest BCUT2D eigenvalue weighted by Crippen LogP contribution is 2.30. The Balaban J connectivity index is 2.07. The number of alkyl halides is 2. The first-order chi connectivity index (χ1) is 11.9. The molecule has 0 aliphatic rings. The molecule has 1 amide bonds. The van der Waals surface area contributed by atoms with Gasteiger partial charge in [-0.2, -0.15) is 9.61 Å². The van der Waals surface area contributed by atoms with Crippen LogP contribution in [0.5, 0.6) is 5.88 Å². The van der Waals surface area contributed by atoms with Crippen molar-refractivity contribution in [2.45, 2.75) is 6.43 Å². The van der Waals surface area contributed by atoms with Crippen molar-refractivity contribution in [3.8, 4) is 5.88 Å². The van der Waals surface area contributed by atoms with Gasteiger partial charge in [0.1, 0.15) is 5.69 Å². The standard InChI is InChI=1S/C15H10Cl2F2N4O2/c1-25-12-3-2-7(11-4-10(14(18)19)22-23(11)12)15(24)21-13-8(16)5-20-6-9(13)17/h2-6,14H,1H3,(H,20,21,24). The lowest BCUT2D eigenvalue weighted by Gasteiger charge is -2.10. The molecule has 0 saturated heterocycles. The van der Waals surface area contributed by atoms with Crippen LogP contribution in [-0.2, 0) is 0 Å². The number of hydrogen-bond donors (Lipinski definition) is 1. The summed E-state index contributed by atoms with van der Waals surface area (Å²) in [4.78, 5) is 16.4. The highest BCUT2D eigenvalue weighted by molar-refractivity contribution is 6.39. The first-order valence-corrected chi connectivity index (χ1v) is 7.63. The molecule has 0 radical (unpaired) electrons. The van der Waals surface area contributed by atoms with E-state index in [1.807, 2.05) is 0 Å². The van der Waals surface area contributed by atoms with E-state index in [2.05, 4.69) is 15.4 Å². The zero-order chi connectivity index (χ0) is 18.1. The van der Waals surface area contributed by atoms with Gasteiger partial charge in [0.25, 0.3) is 12.3 Å². The second kappa shape index (κ2) is 6.81. The van der Waals surface area contributed by atoms with Crippen LogP contribution in [0.25, 0.3) is 5.52 Å². The molecular weight excluding hydrogens is 377 g/mol. The third-order valence-corrected chi connectivity index (χ3v) is 3.95. The van der Waals surface area contributed by atoms with Crippen molar-refractivity contribution in [2.24, 2.45) is 0 Å². The number of hydrogen-bond acceptors (Lipinski definition) is 4. The quantitative estimate of drug-likeness (QED) is 0.728. The average Bonchev–Trinajstić information content (AvgIpc) is 3.02. The largest absolute Gasteiger partial charge is 0.481 e. The molecule has 0 bridgehead atoms. The number of carbonyl (C=O) groups excluding carboxylic acids is 1. The number of halogens is 4. The van der Waals surface area contributed by atoms with Gasteiger partial charge in [0.05, 0.1) is 33.9 Å². The molecule has 130 valence electrons. The number of nitrogens with zero attached hydrogens (tertiary/aromatic N) is 3. The van der Waals surface area contributed by atoms with Crippen LogP contribution in [0.1, 0.15) is 22.5 Å². The molecule has 1 N–H and O–H groups in total. The molecule has 0 spiro atoms. The van der Waals surface area contributed by atoms with E-state index in [1.54, 1.807) is 0 Å². The summed E-state index contributed by atoms with van der Waals surface area (Å²) >= 11 is 11.9. The molecular formula is C15H10Cl2F2N4O2. The number of methoxy groups -OCH3 is 1. The maximum atomic E-state index is 13.0. The van der Waals surface area contributed by atoms with Gasteiger partial charge in [-0.15, -0.1) is 0 Å². The fourth-order valence-corrected chi connectivity index (χ4v) is 2.69. The fraction of sp³-hybridized carbons (Fsp3) is 0.133. The Kier molecular flexibility index (Phi) is 4.73. The van der Waals surface area contributed by atoms with Crippen LogP contribution in [0.15, 0.2) is 30.6 Å². The number of carbonyl (C=O) groups is 1. The highest BCUT2D eigenvalue weighted by atomic mass is 35.5. The first kappa shape index (κ1) is 17.4. The maximum absolute atomic E-state index is 13.0. The Labute approximate surface area is 150 Å². The molecule has 0 aliphatic carbocycles. The van der Waals surface area contributed by atoms with E-state index < -0.39 is 18.0 Å². The minimum Gasteiger partial charge on any atom is -0.481 e. The average molecular weight is 387 g/mol. The van der Waals surface area contributed by atoms with Gasteiger partial charge in [0, 0.05) is 18.5 Å². The highest BCUT2D eigenvalue weighted by Gasteiger charge is 2.20. The zero-order valence-electron chi connectivity index (χ0n) is 12.6. The molecule has 3 aromatic rings. The van der Waals surface area contributed by atoms with Gasteiger partial charge < -0.3 is 10.1 Å². The van der Waals surface area contributed by atoms with Gasteiger partial charge in [-0.3, -0.25) is 9.78 Å². The predicted molar refractivity (Wildman–Crippen MR) is 88.9 cm³/mol. The summed E-state index contributed by atoms with van der Waals surface area (Å²) in [6.45, 7) is 0. The van der Waals surface area contributed by atoms with E-state index in [0.29, 0.717) is 0 Å². The van der Waals surface area contributed by atoms with Crippen LogP contribution in [0.4, 0.5) is 14.5 Å². The SMILES string of the molecule is COc1ccc(C(=O)Nc2c(Cl)cncc2Cl)c2cc(C(F)F)nn12. The molecule has 0 saturated carbocycles. The van der Waals surface area contributed by atoms with Gasteiger partial charge in [-0.05, 0) is 12.1 Å². The summed E-state index contributed by atoms with van der Waals surface area (Å²) in [6.07, 6.45) is -0.148. The Morgan fingerprint density at radius 3 is 2.56 bits per heavy atom. The van der Waals surface area contributed by atoms with E-state index in [1.165, 1.54) is 31.6 Å². The number of rotatable bonds is 4. The van der Waals surface area contributed by atoms with Crippen molar-refractivity contribution in [1.82, 2.24) is 14.6 Å². The van der Waals surface area contributed by atoms with Gasteiger partial charge in [0.15, 0.2) is 0 Å². The summed E-state index contributed by atoms with van der Waals surface area (Å²) in [6, 6.07) is 4.00. The van der Waals surface area contributed by atoms with Crippen LogP contribution in [0.3, 0.4) is 0 Å². The van der Waals surface area contributed by atoms with E-state index in [-0.39, 0.29) is 32.7 Å². The number of aromatic nitrogens is 3. The molecule has 0 fully saturated rings. The molecule has 0 unspecified atom stereocenters. The van der Waals surface area contributed by atoms with Crippen molar-refractivity contribution in [2.75, 3.05) is 12.4 Å². The maximum Gasteiger partial charge on any atom is 0.282 e. The van der Waals surface area contributed by atoms with Crippen LogP contribution >= 0.6 is 23.2 Å². The van der Waals surface area contributed by atoms with Crippen molar-refractivity contribution in [3.63, 3.8) is 0 Å². The number of amides is 1. The second-order valence-corrected chi connectivity index (χ2v) is 5.70. The molecule has 0 atom stereocenters. The molecule has 0 aliphatic heterocycles. The van der Waals surface area contributed by atoms with Gasteiger partial charge >= 0.3 is 0 Å². The molecule has 3 heterocycles. The number of fused-ring (bicyclic) bond motifs is 1. The molecule has 3 aromatic heterocycles. The van der Waals surface area contributed by atoms with Crippen LogP contribution in [-0.4, -0.2) is 27.6 Å². The van der Waals surface area contributed by atoms with Gasteiger partial charge in [0.2, 0.25) is 5.88 Å². The monoisotopic (exact) mass is 386 g/mol. The molecule has 10 heteroatoms. The van der Waals surface area contributed by atoms with Crippen LogP contribution in [0, 0.1) is 0 Å². The third kappa shape index (κ3) is 3.22. The summed E-state index contributed by atoms with van der Waals surface area (Å²) < 4.78 is 32.2. The lowest BCUT2D eigenvalue weighted by atomic mass is 10.2. The van der Waals surface area contributed by atoms with Gasteiger partial charge in [-0.1, -0.05) is 23.2 Å². The lowest BCUT2D eigenvalue weighted by molar-refractivity contribution is 0.102. The molecule has 6 nitrogen and oxygen atoms in total. The number of anilines is 1. The minimum atomic E-state index is -2.79. The fourth-order valence-electron chi connectivity index (χ4n) is 2.23. The van der Waals surface area contributed by atoms with E-state index in [0.717, 1.165) is 10.6 Å². The van der Waals surface area contributed by atoms with Crippen molar-refractivity contribution < 1.29 is 18.3 Å². The van der Waals surface area contributed by atoms with E-state index in [9.17, 15) is 13.6 Å². The van der Waals surface area contributed by atoms with E-state index >= 15 is 0 Å². The lowest BCUT2D eigenvalue weighted by Crippen LogP contribution is -2.14. The summed E-state index contributed by atoms with van der Waals surface area (Å²) in [5, 5.41) is 6.61. The van der Waals surface area contributed by atoms with Crippen LogP contribution < -0.4 is 10.1 Å². The second-order valence-electron chi connectivity index (χ2n) is 4.89. The molecule has 0 aromatic carbocycles. The normalized spacial score (nSPS) is 11.1. The van der Waals surface area contributed by atoms with E-state index in [4.69, 9.17) is 27.9 Å². The zero-order valence-corrected chi connectivity index (χ0v) is 14.1. The smallest absolute Gasteiger partial charge is 0.282 e. The minimum absolute atomic E-state index is 0.101. The summed E-state index contributed by atoms with van der Waals surface area (Å²) in [5.74, 6) is -0.387. The Morgan fingerprint density at radius 1 is 1.28 bits per heavy atom. The first-order valence-electron chi connectivity index (χ1n) is 6.87. The van der Waals surface area contributed by atoms with Gasteiger partial charge in [-0.25, -0.2) is 8.78 Å². The summed E-state index contributed by atoms with van der Waals surface area (Å²) in [7, 11) is 1.37. The summed E-state index contributed by atoms with van der Waals surface area (Å²) in [5.41, 5.74) is -0.0398. The van der Waals surface area contributed by atoms with Crippen molar-refractivity contribution in [1.29, 1.82) is 0 Å². The van der Waals surface area contributed by atoms with Crippen molar-refractivity contribution >= 4 is 40.3 Å². The third-order valence-electron chi connectivity index (χ3n) is 3.37. The molecule has 25 heavy (non-hydrogen) atoms. The Hall–Kier alpha value is -2.45. The number of ether oxygens (including phenoxy) is 1. The Morgan fingerprint density at radius 2 is 1.96 bits per heavy atom. The van der Waals surface area contributed by atoms with Crippen molar-refractivity contribution in [3.05, 3.63) is 51.9 Å². The predicted octanol–water partition coefficient (Wildman–Crippen LogP) is 4.23.